The third-order valence-corrected chi connectivity index (χ3v) is 4.14. The van der Waals surface area contributed by atoms with Crippen LogP contribution in [-0.2, 0) is 14.3 Å². The van der Waals surface area contributed by atoms with Crippen LogP contribution in [0.5, 0.6) is 17.2 Å². The Hall–Kier alpha value is -3.32. The van der Waals surface area contributed by atoms with E-state index in [0.29, 0.717) is 48.9 Å². The quantitative estimate of drug-likeness (QED) is 0.167. The second-order valence-electron chi connectivity index (χ2n) is 6.66. The zero-order chi connectivity index (χ0) is 22.5. The Labute approximate surface area is 182 Å². The molecule has 0 saturated heterocycles. The van der Waals surface area contributed by atoms with Crippen LogP contribution in [0.15, 0.2) is 61.2 Å². The summed E-state index contributed by atoms with van der Waals surface area (Å²) in [7, 11) is 0. The SMILES string of the molecule is C=CC(=O)OCCCCOc1ccc(C(O)Oc2ccc(OC(=O)CCC)cc2)cc1. The van der Waals surface area contributed by atoms with E-state index in [1.165, 1.54) is 0 Å². The van der Waals surface area contributed by atoms with Gasteiger partial charge in [-0.2, -0.15) is 0 Å². The average Bonchev–Trinajstić information content (AvgIpc) is 2.77. The molecular formula is C24H28O7. The number of esters is 2. The normalized spacial score (nSPS) is 11.3. The van der Waals surface area contributed by atoms with E-state index in [1.807, 2.05) is 6.92 Å². The molecule has 0 saturated carbocycles. The highest BCUT2D eigenvalue weighted by molar-refractivity contribution is 5.81. The van der Waals surface area contributed by atoms with E-state index in [1.54, 1.807) is 48.5 Å². The monoisotopic (exact) mass is 428 g/mol. The topological polar surface area (TPSA) is 91.3 Å². The number of hydrogen-bond donors (Lipinski definition) is 1. The van der Waals surface area contributed by atoms with Gasteiger partial charge in [0.1, 0.15) is 17.2 Å². The lowest BCUT2D eigenvalue weighted by molar-refractivity contribution is -0.138. The number of aliphatic hydroxyl groups is 1. The summed E-state index contributed by atoms with van der Waals surface area (Å²) in [6.07, 6.45) is 2.51. The van der Waals surface area contributed by atoms with Gasteiger partial charge in [0.2, 0.25) is 6.29 Å². The second-order valence-corrected chi connectivity index (χ2v) is 6.66. The predicted octanol–water partition coefficient (Wildman–Crippen LogP) is 4.35. The lowest BCUT2D eigenvalue weighted by atomic mass is 10.2. The molecule has 166 valence electrons. The van der Waals surface area contributed by atoms with E-state index in [4.69, 9.17) is 18.9 Å². The fourth-order valence-corrected chi connectivity index (χ4v) is 2.52. The molecule has 1 N–H and O–H groups in total. The highest BCUT2D eigenvalue weighted by Crippen LogP contribution is 2.24. The minimum absolute atomic E-state index is 0.283. The lowest BCUT2D eigenvalue weighted by Crippen LogP contribution is -2.08. The largest absolute Gasteiger partial charge is 0.494 e. The number of benzene rings is 2. The van der Waals surface area contributed by atoms with Gasteiger partial charge < -0.3 is 24.1 Å². The van der Waals surface area contributed by atoms with Crippen LogP contribution >= 0.6 is 0 Å². The molecule has 0 aliphatic rings. The summed E-state index contributed by atoms with van der Waals surface area (Å²) in [5.74, 6) is 0.830. The van der Waals surface area contributed by atoms with Crippen LogP contribution in [0.3, 0.4) is 0 Å². The summed E-state index contributed by atoms with van der Waals surface area (Å²) in [5.41, 5.74) is 0.571. The molecule has 0 heterocycles. The summed E-state index contributed by atoms with van der Waals surface area (Å²) >= 11 is 0. The van der Waals surface area contributed by atoms with Crippen LogP contribution in [0.4, 0.5) is 0 Å². The Morgan fingerprint density at radius 1 is 0.968 bits per heavy atom. The Morgan fingerprint density at radius 2 is 1.58 bits per heavy atom. The molecule has 1 atom stereocenters. The van der Waals surface area contributed by atoms with Crippen molar-refractivity contribution in [3.63, 3.8) is 0 Å². The maximum atomic E-state index is 11.5. The number of rotatable bonds is 13. The van der Waals surface area contributed by atoms with E-state index in [2.05, 4.69) is 6.58 Å². The van der Waals surface area contributed by atoms with Crippen molar-refractivity contribution in [2.24, 2.45) is 0 Å². The Morgan fingerprint density at radius 3 is 2.23 bits per heavy atom. The zero-order valence-corrected chi connectivity index (χ0v) is 17.6. The fourth-order valence-electron chi connectivity index (χ4n) is 2.52. The fraction of sp³-hybridized carbons (Fsp3) is 0.333. The van der Waals surface area contributed by atoms with Crippen molar-refractivity contribution < 1.29 is 33.6 Å². The highest BCUT2D eigenvalue weighted by Gasteiger charge is 2.10. The van der Waals surface area contributed by atoms with Crippen molar-refractivity contribution in [3.05, 3.63) is 66.7 Å². The van der Waals surface area contributed by atoms with Crippen LogP contribution in [0.1, 0.15) is 44.5 Å². The molecule has 0 aliphatic heterocycles. The number of hydrogen-bond acceptors (Lipinski definition) is 7. The summed E-state index contributed by atoms with van der Waals surface area (Å²) in [5, 5.41) is 10.3. The number of aliphatic hydroxyl groups excluding tert-OH is 1. The number of unbranched alkanes of at least 4 members (excludes halogenated alkanes) is 1. The first kappa shape index (κ1) is 24.0. The van der Waals surface area contributed by atoms with Gasteiger partial charge in [0.05, 0.1) is 13.2 Å². The van der Waals surface area contributed by atoms with Crippen LogP contribution in [0.25, 0.3) is 0 Å². The van der Waals surface area contributed by atoms with Crippen molar-refractivity contribution in [1.82, 2.24) is 0 Å². The van der Waals surface area contributed by atoms with Crippen molar-refractivity contribution in [3.8, 4) is 17.2 Å². The van der Waals surface area contributed by atoms with Crippen molar-refractivity contribution in [1.29, 1.82) is 0 Å². The van der Waals surface area contributed by atoms with Gasteiger partial charge in [0.25, 0.3) is 0 Å². The molecule has 2 rings (SSSR count). The van der Waals surface area contributed by atoms with Crippen LogP contribution in [0, 0.1) is 0 Å². The van der Waals surface area contributed by atoms with Crippen LogP contribution in [0.2, 0.25) is 0 Å². The lowest BCUT2D eigenvalue weighted by Gasteiger charge is -2.15. The molecule has 7 heteroatoms. The van der Waals surface area contributed by atoms with E-state index >= 15 is 0 Å². The number of carbonyl (C=O) groups excluding carboxylic acids is 2. The maximum absolute atomic E-state index is 11.5. The summed E-state index contributed by atoms with van der Waals surface area (Å²) in [6, 6.07) is 13.4. The molecule has 2 aromatic carbocycles. The van der Waals surface area contributed by atoms with Crippen LogP contribution in [-0.4, -0.2) is 30.3 Å². The van der Waals surface area contributed by atoms with Crippen molar-refractivity contribution in [2.45, 2.75) is 38.9 Å². The molecule has 0 aromatic heterocycles. The molecule has 0 bridgehead atoms. The van der Waals surface area contributed by atoms with E-state index in [-0.39, 0.29) is 5.97 Å². The molecule has 0 amide bonds. The second kappa shape index (κ2) is 13.1. The smallest absolute Gasteiger partial charge is 0.330 e. The maximum Gasteiger partial charge on any atom is 0.330 e. The minimum atomic E-state index is -1.15. The molecule has 0 radical (unpaired) electrons. The first-order chi connectivity index (χ1) is 15.0. The zero-order valence-electron chi connectivity index (χ0n) is 17.6. The number of carbonyl (C=O) groups is 2. The van der Waals surface area contributed by atoms with Gasteiger partial charge >= 0.3 is 11.9 Å². The highest BCUT2D eigenvalue weighted by atomic mass is 16.6. The third-order valence-electron chi connectivity index (χ3n) is 4.14. The third kappa shape index (κ3) is 8.92. The Kier molecular flexibility index (Phi) is 10.1. The Bertz CT molecular complexity index is 828. The van der Waals surface area contributed by atoms with Gasteiger partial charge in [0.15, 0.2) is 0 Å². The van der Waals surface area contributed by atoms with E-state index in [9.17, 15) is 14.7 Å². The molecule has 0 spiro atoms. The molecule has 0 aliphatic carbocycles. The van der Waals surface area contributed by atoms with E-state index in [0.717, 1.165) is 18.9 Å². The van der Waals surface area contributed by atoms with Gasteiger partial charge in [-0.15, -0.1) is 0 Å². The summed E-state index contributed by atoms with van der Waals surface area (Å²) in [6.45, 7) is 6.06. The van der Waals surface area contributed by atoms with E-state index < -0.39 is 12.3 Å². The van der Waals surface area contributed by atoms with Gasteiger partial charge in [-0.3, -0.25) is 4.79 Å². The van der Waals surface area contributed by atoms with Gasteiger partial charge in [-0.05, 0) is 67.8 Å². The summed E-state index contributed by atoms with van der Waals surface area (Å²) in [4.78, 5) is 22.4. The molecule has 1 unspecified atom stereocenters. The first-order valence-corrected chi connectivity index (χ1v) is 10.2. The molecule has 0 fully saturated rings. The summed E-state index contributed by atoms with van der Waals surface area (Å²) < 4.78 is 21.2. The Balaban J connectivity index is 1.74. The molecule has 31 heavy (non-hydrogen) atoms. The minimum Gasteiger partial charge on any atom is -0.494 e. The predicted molar refractivity (Wildman–Crippen MR) is 115 cm³/mol. The standard InChI is InChI=1S/C24H28O7/c1-3-7-23(26)30-20-12-14-21(15-13-20)31-24(27)18-8-10-19(11-9-18)28-16-5-6-17-29-22(25)4-2/h4,8-15,24,27H,2-3,5-7,16-17H2,1H3. The van der Waals surface area contributed by atoms with Crippen molar-refractivity contribution in [2.75, 3.05) is 13.2 Å². The first-order valence-electron chi connectivity index (χ1n) is 10.2. The van der Waals surface area contributed by atoms with Crippen LogP contribution < -0.4 is 14.2 Å². The molecule has 7 nitrogen and oxygen atoms in total. The van der Waals surface area contributed by atoms with Gasteiger partial charge in [-0.25, -0.2) is 4.79 Å². The number of ether oxygens (including phenoxy) is 4. The molecule has 2 aromatic rings. The van der Waals surface area contributed by atoms with Gasteiger partial charge in [-0.1, -0.05) is 13.5 Å². The van der Waals surface area contributed by atoms with Crippen molar-refractivity contribution >= 4 is 11.9 Å². The average molecular weight is 428 g/mol. The molecular weight excluding hydrogens is 400 g/mol. The van der Waals surface area contributed by atoms with Gasteiger partial charge in [0, 0.05) is 18.1 Å².